The van der Waals surface area contributed by atoms with Crippen molar-refractivity contribution in [3.63, 3.8) is 0 Å². The summed E-state index contributed by atoms with van der Waals surface area (Å²) in [6.45, 7) is 7.47. The minimum absolute atomic E-state index is 0.173. The molecule has 1 aliphatic rings. The molecule has 6 heteroatoms. The van der Waals surface area contributed by atoms with E-state index in [4.69, 9.17) is 4.74 Å². The van der Waals surface area contributed by atoms with Crippen LogP contribution >= 0.6 is 0 Å². The minimum atomic E-state index is -0.365. The molecule has 23 heavy (non-hydrogen) atoms. The Bertz CT molecular complexity index is 571. The van der Waals surface area contributed by atoms with E-state index < -0.39 is 0 Å². The Hall–Kier alpha value is -2.34. The first-order valence-corrected chi connectivity index (χ1v) is 7.65. The highest BCUT2D eigenvalue weighted by Gasteiger charge is 2.31. The lowest BCUT2D eigenvalue weighted by Crippen LogP contribution is -2.46. The highest BCUT2D eigenvalue weighted by molar-refractivity contribution is 5.98. The molecule has 1 aromatic carbocycles. The van der Waals surface area contributed by atoms with Crippen LogP contribution in [0.1, 0.15) is 12.5 Å². The minimum Gasteiger partial charge on any atom is -0.490 e. The van der Waals surface area contributed by atoms with E-state index in [1.807, 2.05) is 43.1 Å². The van der Waals surface area contributed by atoms with E-state index in [0.717, 1.165) is 11.3 Å². The van der Waals surface area contributed by atoms with Crippen LogP contribution in [0, 0.1) is 0 Å². The monoisotopic (exact) mass is 317 g/mol. The van der Waals surface area contributed by atoms with E-state index in [-0.39, 0.29) is 18.0 Å². The zero-order valence-corrected chi connectivity index (χ0v) is 13.6. The van der Waals surface area contributed by atoms with E-state index in [2.05, 4.69) is 11.9 Å². The first-order chi connectivity index (χ1) is 11.0. The van der Waals surface area contributed by atoms with Gasteiger partial charge in [-0.2, -0.15) is 0 Å². The van der Waals surface area contributed by atoms with Crippen molar-refractivity contribution >= 4 is 11.9 Å². The molecule has 0 bridgehead atoms. The highest BCUT2D eigenvalue weighted by Crippen LogP contribution is 2.15. The molecule has 0 aliphatic carbocycles. The third-order valence-corrected chi connectivity index (χ3v) is 3.86. The first kappa shape index (κ1) is 17.0. The molecule has 0 saturated carbocycles. The molecular weight excluding hydrogens is 294 g/mol. The van der Waals surface area contributed by atoms with Crippen molar-refractivity contribution in [1.82, 2.24) is 15.1 Å². The molecule has 1 aliphatic heterocycles. The second-order valence-electron chi connectivity index (χ2n) is 5.56. The molecule has 1 unspecified atom stereocenters. The summed E-state index contributed by atoms with van der Waals surface area (Å²) in [5.74, 6) is 0.614. The van der Waals surface area contributed by atoms with E-state index in [1.165, 1.54) is 4.90 Å². The third kappa shape index (κ3) is 4.32. The van der Waals surface area contributed by atoms with Crippen LogP contribution in [0.5, 0.6) is 5.75 Å². The summed E-state index contributed by atoms with van der Waals surface area (Å²) in [4.78, 5) is 27.1. The van der Waals surface area contributed by atoms with Crippen LogP contribution in [-0.4, -0.2) is 54.5 Å². The van der Waals surface area contributed by atoms with Gasteiger partial charge in [0, 0.05) is 19.6 Å². The lowest BCUT2D eigenvalue weighted by atomic mass is 10.1. The Morgan fingerprint density at radius 2 is 2.17 bits per heavy atom. The largest absolute Gasteiger partial charge is 0.490 e. The van der Waals surface area contributed by atoms with Crippen LogP contribution in [0.25, 0.3) is 0 Å². The predicted molar refractivity (Wildman–Crippen MR) is 88.2 cm³/mol. The maximum atomic E-state index is 12.4. The summed E-state index contributed by atoms with van der Waals surface area (Å²) in [7, 11) is 1.87. The Kier molecular flexibility index (Phi) is 5.76. The zero-order valence-electron chi connectivity index (χ0n) is 13.6. The van der Waals surface area contributed by atoms with Gasteiger partial charge in [-0.15, -0.1) is 0 Å². The molecule has 1 N–H and O–H groups in total. The molecule has 1 saturated heterocycles. The molecule has 3 amide bonds. The molecule has 1 heterocycles. The molecule has 124 valence electrons. The van der Waals surface area contributed by atoms with Crippen LogP contribution in [0.3, 0.4) is 0 Å². The van der Waals surface area contributed by atoms with Crippen molar-refractivity contribution in [2.45, 2.75) is 19.5 Å². The molecule has 1 fully saturated rings. The van der Waals surface area contributed by atoms with E-state index >= 15 is 0 Å². The van der Waals surface area contributed by atoms with Gasteiger partial charge in [0.1, 0.15) is 12.4 Å². The SMILES string of the molecule is C=CCOc1ccc(CN(C)C(C)C(=O)N2CCNC2=O)cc1. The number of ether oxygens (including phenoxy) is 1. The number of carbonyl (C=O) groups excluding carboxylic acids is 2. The Labute approximate surface area is 136 Å². The number of carbonyl (C=O) groups is 2. The number of hydrogen-bond acceptors (Lipinski definition) is 4. The van der Waals surface area contributed by atoms with Gasteiger partial charge in [0.2, 0.25) is 5.91 Å². The molecule has 0 spiro atoms. The molecule has 2 rings (SSSR count). The molecule has 0 radical (unpaired) electrons. The predicted octanol–water partition coefficient (Wildman–Crippen LogP) is 1.62. The standard InChI is InChI=1S/C17H23N3O3/c1-4-11-23-15-7-5-14(6-8-15)12-19(3)13(2)16(21)20-10-9-18-17(20)22/h4-8,13H,1,9-12H2,2-3H3,(H,18,22). The van der Waals surface area contributed by atoms with Crippen LogP contribution in [0.4, 0.5) is 4.79 Å². The van der Waals surface area contributed by atoms with Crippen molar-refractivity contribution in [2.24, 2.45) is 0 Å². The van der Waals surface area contributed by atoms with Crippen molar-refractivity contribution in [3.05, 3.63) is 42.5 Å². The number of rotatable bonds is 7. The quantitative estimate of drug-likeness (QED) is 0.776. The highest BCUT2D eigenvalue weighted by atomic mass is 16.5. The van der Waals surface area contributed by atoms with Gasteiger partial charge in [-0.05, 0) is 31.7 Å². The molecular formula is C17H23N3O3. The van der Waals surface area contributed by atoms with Gasteiger partial charge in [-0.25, -0.2) is 4.79 Å². The summed E-state index contributed by atoms with van der Waals surface area (Å²) in [6.07, 6.45) is 1.70. The van der Waals surface area contributed by atoms with Gasteiger partial charge < -0.3 is 10.1 Å². The number of benzene rings is 1. The number of hydrogen-bond donors (Lipinski definition) is 1. The maximum absolute atomic E-state index is 12.4. The Morgan fingerprint density at radius 3 is 2.74 bits per heavy atom. The smallest absolute Gasteiger partial charge is 0.324 e. The number of likely N-dealkylation sites (N-methyl/N-ethyl adjacent to an activating group) is 1. The fourth-order valence-corrected chi connectivity index (χ4v) is 2.37. The maximum Gasteiger partial charge on any atom is 0.324 e. The number of nitrogens with one attached hydrogen (secondary N) is 1. The Morgan fingerprint density at radius 1 is 1.48 bits per heavy atom. The van der Waals surface area contributed by atoms with E-state index in [1.54, 1.807) is 6.08 Å². The summed E-state index contributed by atoms with van der Waals surface area (Å²) in [5.41, 5.74) is 1.07. The molecule has 6 nitrogen and oxygen atoms in total. The molecule has 1 atom stereocenters. The third-order valence-electron chi connectivity index (χ3n) is 3.86. The first-order valence-electron chi connectivity index (χ1n) is 7.65. The van der Waals surface area contributed by atoms with Gasteiger partial charge in [-0.3, -0.25) is 14.6 Å². The van der Waals surface area contributed by atoms with Crippen molar-refractivity contribution in [1.29, 1.82) is 0 Å². The van der Waals surface area contributed by atoms with Gasteiger partial charge >= 0.3 is 6.03 Å². The van der Waals surface area contributed by atoms with Crippen molar-refractivity contribution in [2.75, 3.05) is 26.7 Å². The van der Waals surface area contributed by atoms with Crippen LogP contribution in [-0.2, 0) is 11.3 Å². The van der Waals surface area contributed by atoms with E-state index in [9.17, 15) is 9.59 Å². The number of amides is 3. The Balaban J connectivity index is 1.92. The molecule has 1 aromatic rings. The zero-order chi connectivity index (χ0) is 16.8. The van der Waals surface area contributed by atoms with Crippen LogP contribution in [0.15, 0.2) is 36.9 Å². The average molecular weight is 317 g/mol. The second-order valence-corrected chi connectivity index (χ2v) is 5.56. The van der Waals surface area contributed by atoms with Gasteiger partial charge in [0.25, 0.3) is 0 Å². The van der Waals surface area contributed by atoms with Gasteiger partial charge in [-0.1, -0.05) is 24.8 Å². The number of imide groups is 1. The van der Waals surface area contributed by atoms with Crippen LogP contribution < -0.4 is 10.1 Å². The average Bonchev–Trinajstić information content (AvgIpc) is 2.98. The lowest BCUT2D eigenvalue weighted by molar-refractivity contribution is -0.132. The van der Waals surface area contributed by atoms with E-state index in [0.29, 0.717) is 26.2 Å². The fraction of sp³-hybridized carbons (Fsp3) is 0.412. The van der Waals surface area contributed by atoms with Crippen molar-refractivity contribution in [3.8, 4) is 5.75 Å². The van der Waals surface area contributed by atoms with Crippen molar-refractivity contribution < 1.29 is 14.3 Å². The number of nitrogens with zero attached hydrogens (tertiary/aromatic N) is 2. The van der Waals surface area contributed by atoms with Gasteiger partial charge in [0.05, 0.1) is 6.04 Å². The topological polar surface area (TPSA) is 61.9 Å². The molecule has 0 aromatic heterocycles. The summed E-state index contributed by atoms with van der Waals surface area (Å²) < 4.78 is 5.44. The summed E-state index contributed by atoms with van der Waals surface area (Å²) in [5, 5.41) is 2.64. The lowest BCUT2D eigenvalue weighted by Gasteiger charge is -2.26. The van der Waals surface area contributed by atoms with Gasteiger partial charge in [0.15, 0.2) is 0 Å². The summed E-state index contributed by atoms with van der Waals surface area (Å²) >= 11 is 0. The normalized spacial score (nSPS) is 15.4. The summed E-state index contributed by atoms with van der Waals surface area (Å²) in [6, 6.07) is 7.05. The second kappa shape index (κ2) is 7.78. The number of urea groups is 1. The van der Waals surface area contributed by atoms with Crippen LogP contribution in [0.2, 0.25) is 0 Å². The fourth-order valence-electron chi connectivity index (χ4n) is 2.37.